The second-order valence-electron chi connectivity index (χ2n) is 5.60. The molecular weight excluding hydrogens is 264 g/mol. The molecule has 0 saturated heterocycles. The Hall–Kier alpha value is -1.68. The van der Waals surface area contributed by atoms with Crippen LogP contribution in [-0.4, -0.2) is 37.2 Å². The van der Waals surface area contributed by atoms with E-state index in [1.54, 1.807) is 7.05 Å². The van der Waals surface area contributed by atoms with Gasteiger partial charge in [-0.1, -0.05) is 25.1 Å². The van der Waals surface area contributed by atoms with Gasteiger partial charge in [-0.3, -0.25) is 9.69 Å². The Balaban J connectivity index is 2.09. The van der Waals surface area contributed by atoms with Gasteiger partial charge in [0, 0.05) is 32.5 Å². The maximum Gasteiger partial charge on any atom is 0.219 e. The third-order valence-corrected chi connectivity index (χ3v) is 4.32. The lowest BCUT2D eigenvalue weighted by atomic mass is 9.90. The molecule has 1 aliphatic heterocycles. The van der Waals surface area contributed by atoms with Gasteiger partial charge in [0.1, 0.15) is 6.29 Å². The van der Waals surface area contributed by atoms with Gasteiger partial charge in [0.05, 0.1) is 0 Å². The van der Waals surface area contributed by atoms with Gasteiger partial charge in [-0.2, -0.15) is 0 Å². The highest BCUT2D eigenvalue weighted by Crippen LogP contribution is 2.25. The van der Waals surface area contributed by atoms with Crippen LogP contribution in [-0.2, 0) is 22.6 Å². The fraction of sp³-hybridized carbons (Fsp3) is 0.529. The minimum absolute atomic E-state index is 0.0154. The van der Waals surface area contributed by atoms with Crippen molar-refractivity contribution in [2.24, 2.45) is 0 Å². The number of carbonyl (C=O) groups is 2. The molecule has 4 heteroatoms. The summed E-state index contributed by atoms with van der Waals surface area (Å²) in [7, 11) is 1.62. The highest BCUT2D eigenvalue weighted by Gasteiger charge is 2.18. The largest absolute Gasteiger partial charge is 0.359 e. The molecule has 21 heavy (non-hydrogen) atoms. The highest BCUT2D eigenvalue weighted by molar-refractivity contribution is 5.76. The van der Waals surface area contributed by atoms with Gasteiger partial charge in [-0.05, 0) is 36.1 Å². The van der Waals surface area contributed by atoms with Crippen molar-refractivity contribution in [3.05, 3.63) is 34.9 Å². The van der Waals surface area contributed by atoms with Gasteiger partial charge in [0.15, 0.2) is 0 Å². The van der Waals surface area contributed by atoms with Crippen LogP contribution in [0.15, 0.2) is 18.2 Å². The van der Waals surface area contributed by atoms with E-state index in [4.69, 9.17) is 0 Å². The van der Waals surface area contributed by atoms with Crippen LogP contribution in [0.3, 0.4) is 0 Å². The fourth-order valence-electron chi connectivity index (χ4n) is 2.86. The Kier molecular flexibility index (Phi) is 5.51. The molecule has 0 radical (unpaired) electrons. The number of fused-ring (bicyclic) bond motifs is 1. The molecule has 1 N–H and O–H groups in total. The van der Waals surface area contributed by atoms with E-state index >= 15 is 0 Å². The number of aldehydes is 1. The van der Waals surface area contributed by atoms with E-state index in [0.717, 1.165) is 37.9 Å². The van der Waals surface area contributed by atoms with E-state index in [-0.39, 0.29) is 11.8 Å². The van der Waals surface area contributed by atoms with Gasteiger partial charge < -0.3 is 10.1 Å². The zero-order chi connectivity index (χ0) is 15.2. The van der Waals surface area contributed by atoms with E-state index in [0.29, 0.717) is 12.8 Å². The van der Waals surface area contributed by atoms with Crippen molar-refractivity contribution in [1.29, 1.82) is 0 Å². The molecule has 2 rings (SSSR count). The first-order valence-electron chi connectivity index (χ1n) is 7.67. The number of amides is 1. The summed E-state index contributed by atoms with van der Waals surface area (Å²) < 4.78 is 0. The number of nitrogens with zero attached hydrogens (tertiary/aromatic N) is 1. The number of rotatable bonds is 6. The normalized spacial score (nSPS) is 16.1. The molecule has 114 valence electrons. The van der Waals surface area contributed by atoms with Crippen LogP contribution in [0.4, 0.5) is 0 Å². The Morgan fingerprint density at radius 2 is 2.24 bits per heavy atom. The summed E-state index contributed by atoms with van der Waals surface area (Å²) in [5.41, 5.74) is 3.75. The first-order valence-corrected chi connectivity index (χ1v) is 7.67. The minimum atomic E-state index is -0.184. The van der Waals surface area contributed by atoms with Crippen molar-refractivity contribution >= 4 is 12.2 Å². The zero-order valence-electron chi connectivity index (χ0n) is 12.9. The van der Waals surface area contributed by atoms with E-state index < -0.39 is 0 Å². The van der Waals surface area contributed by atoms with Gasteiger partial charge in [0.25, 0.3) is 0 Å². The first kappa shape index (κ1) is 15.7. The lowest BCUT2D eigenvalue weighted by Crippen LogP contribution is -2.30. The van der Waals surface area contributed by atoms with Crippen LogP contribution in [0.2, 0.25) is 0 Å². The molecule has 0 fully saturated rings. The Labute approximate surface area is 126 Å². The van der Waals surface area contributed by atoms with E-state index in [1.807, 2.05) is 6.07 Å². The molecule has 0 bridgehead atoms. The predicted octanol–water partition coefficient (Wildman–Crippen LogP) is 1.87. The molecule has 1 aliphatic rings. The summed E-state index contributed by atoms with van der Waals surface area (Å²) in [5, 5.41) is 2.60. The fourth-order valence-corrected chi connectivity index (χ4v) is 2.86. The highest BCUT2D eigenvalue weighted by atomic mass is 16.1. The summed E-state index contributed by atoms with van der Waals surface area (Å²) in [6.07, 6.45) is 2.97. The molecular formula is C17H24N2O2. The second kappa shape index (κ2) is 7.36. The smallest absolute Gasteiger partial charge is 0.219 e. The Morgan fingerprint density at radius 3 is 2.90 bits per heavy atom. The summed E-state index contributed by atoms with van der Waals surface area (Å²) in [6.45, 7) is 5.33. The maximum absolute atomic E-state index is 11.3. The molecule has 4 nitrogen and oxygen atoms in total. The molecule has 0 aromatic heterocycles. The molecule has 0 aliphatic carbocycles. The summed E-state index contributed by atoms with van der Waals surface area (Å²) in [6, 6.07) is 6.34. The number of nitrogens with one attached hydrogen (secondary N) is 1. The van der Waals surface area contributed by atoms with Crippen molar-refractivity contribution in [2.45, 2.75) is 38.6 Å². The summed E-state index contributed by atoms with van der Waals surface area (Å²) in [4.78, 5) is 25.1. The van der Waals surface area contributed by atoms with Crippen LogP contribution < -0.4 is 5.32 Å². The van der Waals surface area contributed by atoms with Crippen LogP contribution in [0, 0.1) is 0 Å². The van der Waals surface area contributed by atoms with Crippen LogP contribution in [0.25, 0.3) is 0 Å². The average Bonchev–Trinajstić information content (AvgIpc) is 2.54. The average molecular weight is 288 g/mol. The van der Waals surface area contributed by atoms with E-state index in [2.05, 4.69) is 29.3 Å². The molecule has 0 spiro atoms. The Bertz CT molecular complexity index is 514. The summed E-state index contributed by atoms with van der Waals surface area (Å²) >= 11 is 0. The lowest BCUT2D eigenvalue weighted by molar-refractivity contribution is -0.120. The standard InChI is InChI=1S/C17H24N2O2/c1-3-19-9-8-14-10-13(4-5-15(14)11-19)16(12-20)6-7-17(21)18-2/h4-5,10,12,16H,3,6-9,11H2,1-2H3,(H,18,21). The van der Waals surface area contributed by atoms with Crippen LogP contribution in [0.5, 0.6) is 0 Å². The van der Waals surface area contributed by atoms with Crippen LogP contribution in [0.1, 0.15) is 42.4 Å². The first-order chi connectivity index (χ1) is 10.2. The van der Waals surface area contributed by atoms with E-state index in [1.165, 1.54) is 11.1 Å². The van der Waals surface area contributed by atoms with E-state index in [9.17, 15) is 9.59 Å². The van der Waals surface area contributed by atoms with Gasteiger partial charge in [-0.15, -0.1) is 0 Å². The van der Waals surface area contributed by atoms with Crippen molar-refractivity contribution in [3.63, 3.8) is 0 Å². The second-order valence-corrected chi connectivity index (χ2v) is 5.60. The topological polar surface area (TPSA) is 49.4 Å². The number of benzene rings is 1. The lowest BCUT2D eigenvalue weighted by Gasteiger charge is -2.28. The summed E-state index contributed by atoms with van der Waals surface area (Å²) in [5.74, 6) is -0.199. The molecule has 1 atom stereocenters. The number of likely N-dealkylation sites (N-methyl/N-ethyl adjacent to an activating group) is 1. The minimum Gasteiger partial charge on any atom is -0.359 e. The SMILES string of the molecule is CCN1CCc2cc(C(C=O)CCC(=O)NC)ccc2C1. The molecule has 1 unspecified atom stereocenters. The number of hydrogen-bond acceptors (Lipinski definition) is 3. The molecule has 1 heterocycles. The maximum atomic E-state index is 11.3. The third-order valence-electron chi connectivity index (χ3n) is 4.32. The number of hydrogen-bond donors (Lipinski definition) is 1. The predicted molar refractivity (Wildman–Crippen MR) is 83.2 cm³/mol. The van der Waals surface area contributed by atoms with Crippen molar-refractivity contribution in [2.75, 3.05) is 20.1 Å². The molecule has 1 aromatic carbocycles. The monoisotopic (exact) mass is 288 g/mol. The van der Waals surface area contributed by atoms with Crippen LogP contribution >= 0.6 is 0 Å². The Morgan fingerprint density at radius 1 is 1.43 bits per heavy atom. The molecule has 1 amide bonds. The van der Waals surface area contributed by atoms with Gasteiger partial charge in [-0.25, -0.2) is 0 Å². The van der Waals surface area contributed by atoms with Crippen molar-refractivity contribution < 1.29 is 9.59 Å². The quantitative estimate of drug-likeness (QED) is 0.813. The van der Waals surface area contributed by atoms with Crippen molar-refractivity contribution in [3.8, 4) is 0 Å². The number of carbonyl (C=O) groups excluding carboxylic acids is 2. The zero-order valence-corrected chi connectivity index (χ0v) is 12.9. The molecule has 1 aromatic rings. The van der Waals surface area contributed by atoms with Crippen molar-refractivity contribution in [1.82, 2.24) is 10.2 Å². The van der Waals surface area contributed by atoms with Gasteiger partial charge in [0.2, 0.25) is 5.91 Å². The molecule has 0 saturated carbocycles. The van der Waals surface area contributed by atoms with Gasteiger partial charge >= 0.3 is 0 Å². The third kappa shape index (κ3) is 3.91.